The van der Waals surface area contributed by atoms with Gasteiger partial charge in [-0.3, -0.25) is 4.79 Å². The minimum Gasteiger partial charge on any atom is -0.330 e. The number of thiophene rings is 1. The Morgan fingerprint density at radius 2 is 2.04 bits per heavy atom. The Morgan fingerprint density at radius 1 is 1.26 bits per heavy atom. The van der Waals surface area contributed by atoms with Crippen molar-refractivity contribution in [3.8, 4) is 0 Å². The molecule has 1 saturated carbocycles. The van der Waals surface area contributed by atoms with Crippen LogP contribution in [0.1, 0.15) is 40.5 Å². The second-order valence-electron chi connectivity index (χ2n) is 6.60. The lowest BCUT2D eigenvalue weighted by Crippen LogP contribution is -2.44. The molecule has 2 heterocycles. The Balaban J connectivity index is 1.63. The molecule has 2 aliphatic rings. The first kappa shape index (κ1) is 14.9. The van der Waals surface area contributed by atoms with E-state index in [1.165, 1.54) is 34.4 Å². The minimum absolute atomic E-state index is 0.0686. The standard InChI is InChI=1S/C19H22N2OS/c1-13-2-4-14(5-3-13)19-16-9-11-23-17(16)8-10-21(19)18(22)12-20-15-6-7-15/h2-5,9,11,15,19-20H,6-8,10,12H2,1H3. The summed E-state index contributed by atoms with van der Waals surface area (Å²) in [5.41, 5.74) is 3.78. The van der Waals surface area contributed by atoms with Crippen LogP contribution in [-0.4, -0.2) is 29.9 Å². The third kappa shape index (κ3) is 3.06. The van der Waals surface area contributed by atoms with Crippen LogP contribution in [-0.2, 0) is 11.2 Å². The maximum Gasteiger partial charge on any atom is 0.237 e. The van der Waals surface area contributed by atoms with Gasteiger partial charge in [-0.15, -0.1) is 11.3 Å². The van der Waals surface area contributed by atoms with Crippen molar-refractivity contribution in [2.24, 2.45) is 0 Å². The number of carbonyl (C=O) groups excluding carboxylic acids is 1. The maximum absolute atomic E-state index is 12.8. The van der Waals surface area contributed by atoms with Crippen molar-refractivity contribution in [1.29, 1.82) is 0 Å². The van der Waals surface area contributed by atoms with Crippen LogP contribution in [0.5, 0.6) is 0 Å². The quantitative estimate of drug-likeness (QED) is 0.935. The van der Waals surface area contributed by atoms with Gasteiger partial charge in [-0.25, -0.2) is 0 Å². The fourth-order valence-electron chi connectivity index (χ4n) is 3.31. The fraction of sp³-hybridized carbons (Fsp3) is 0.421. The molecule has 2 aromatic rings. The van der Waals surface area contributed by atoms with Gasteiger partial charge in [0.05, 0.1) is 12.6 Å². The van der Waals surface area contributed by atoms with Gasteiger partial charge in [0.25, 0.3) is 0 Å². The fourth-order valence-corrected chi connectivity index (χ4v) is 4.22. The third-order valence-electron chi connectivity index (χ3n) is 4.80. The molecule has 1 amide bonds. The van der Waals surface area contributed by atoms with Gasteiger partial charge in [0.2, 0.25) is 5.91 Å². The Morgan fingerprint density at radius 3 is 2.78 bits per heavy atom. The number of amides is 1. The van der Waals surface area contributed by atoms with Gasteiger partial charge in [-0.05, 0) is 48.8 Å². The van der Waals surface area contributed by atoms with Crippen LogP contribution in [0, 0.1) is 6.92 Å². The second kappa shape index (κ2) is 6.10. The molecule has 1 aromatic heterocycles. The molecule has 1 aromatic carbocycles. The van der Waals surface area contributed by atoms with E-state index in [1.807, 2.05) is 11.3 Å². The van der Waals surface area contributed by atoms with Gasteiger partial charge in [-0.1, -0.05) is 29.8 Å². The first-order chi connectivity index (χ1) is 11.2. The number of nitrogens with zero attached hydrogens (tertiary/aromatic N) is 1. The summed E-state index contributed by atoms with van der Waals surface area (Å²) in [5, 5.41) is 5.52. The molecule has 0 bridgehead atoms. The number of hydrogen-bond donors (Lipinski definition) is 1. The molecule has 1 N–H and O–H groups in total. The molecule has 23 heavy (non-hydrogen) atoms. The van der Waals surface area contributed by atoms with E-state index >= 15 is 0 Å². The summed E-state index contributed by atoms with van der Waals surface area (Å²) in [4.78, 5) is 16.3. The molecular weight excluding hydrogens is 304 g/mol. The largest absolute Gasteiger partial charge is 0.330 e. The van der Waals surface area contributed by atoms with Crippen molar-refractivity contribution in [2.75, 3.05) is 13.1 Å². The van der Waals surface area contributed by atoms with Crippen molar-refractivity contribution in [3.63, 3.8) is 0 Å². The van der Waals surface area contributed by atoms with Crippen LogP contribution < -0.4 is 5.32 Å². The van der Waals surface area contributed by atoms with Crippen LogP contribution in [0.2, 0.25) is 0 Å². The van der Waals surface area contributed by atoms with Crippen LogP contribution in [0.4, 0.5) is 0 Å². The van der Waals surface area contributed by atoms with Crippen LogP contribution in [0.25, 0.3) is 0 Å². The first-order valence-corrected chi connectivity index (χ1v) is 9.26. The van der Waals surface area contributed by atoms with Crippen molar-refractivity contribution in [2.45, 2.75) is 38.3 Å². The van der Waals surface area contributed by atoms with E-state index in [0.29, 0.717) is 12.6 Å². The number of rotatable bonds is 4. The zero-order valence-corrected chi connectivity index (χ0v) is 14.2. The number of nitrogens with one attached hydrogen (secondary N) is 1. The SMILES string of the molecule is Cc1ccc(C2c3ccsc3CCN2C(=O)CNC2CC2)cc1. The molecule has 1 atom stereocenters. The third-order valence-corrected chi connectivity index (χ3v) is 5.80. The summed E-state index contributed by atoms with van der Waals surface area (Å²) in [5.74, 6) is 0.222. The lowest BCUT2D eigenvalue weighted by molar-refractivity contribution is -0.132. The normalized spacial score (nSPS) is 20.4. The minimum atomic E-state index is 0.0686. The van der Waals surface area contributed by atoms with Crippen molar-refractivity contribution >= 4 is 17.2 Å². The summed E-state index contributed by atoms with van der Waals surface area (Å²) in [6.07, 6.45) is 3.40. The highest BCUT2D eigenvalue weighted by Crippen LogP contribution is 2.37. The molecule has 0 radical (unpaired) electrons. The molecule has 1 aliphatic heterocycles. The number of hydrogen-bond acceptors (Lipinski definition) is 3. The zero-order valence-electron chi connectivity index (χ0n) is 13.4. The Bertz CT molecular complexity index is 702. The zero-order chi connectivity index (χ0) is 15.8. The number of fused-ring (bicyclic) bond motifs is 1. The molecule has 1 fully saturated rings. The van der Waals surface area contributed by atoms with Gasteiger partial charge in [0.1, 0.15) is 0 Å². The van der Waals surface area contributed by atoms with E-state index < -0.39 is 0 Å². The monoisotopic (exact) mass is 326 g/mol. The predicted octanol–water partition coefficient (Wildman–Crippen LogP) is 3.28. The summed E-state index contributed by atoms with van der Waals surface area (Å²) in [6.45, 7) is 3.38. The molecule has 4 rings (SSSR count). The number of aryl methyl sites for hydroxylation is 1. The van der Waals surface area contributed by atoms with Crippen molar-refractivity contribution in [3.05, 3.63) is 57.3 Å². The van der Waals surface area contributed by atoms with E-state index in [2.05, 4.69) is 52.9 Å². The number of benzene rings is 1. The highest BCUT2D eigenvalue weighted by molar-refractivity contribution is 7.10. The van der Waals surface area contributed by atoms with Gasteiger partial charge in [0.15, 0.2) is 0 Å². The van der Waals surface area contributed by atoms with E-state index in [-0.39, 0.29) is 11.9 Å². The first-order valence-electron chi connectivity index (χ1n) is 8.38. The van der Waals surface area contributed by atoms with E-state index in [1.54, 1.807) is 0 Å². The van der Waals surface area contributed by atoms with Gasteiger partial charge < -0.3 is 10.2 Å². The van der Waals surface area contributed by atoms with Gasteiger partial charge >= 0.3 is 0 Å². The van der Waals surface area contributed by atoms with Crippen LogP contribution in [0.15, 0.2) is 35.7 Å². The Kier molecular flexibility index (Phi) is 3.95. The number of carbonyl (C=O) groups is 1. The second-order valence-corrected chi connectivity index (χ2v) is 7.61. The molecular formula is C19H22N2OS. The molecule has 120 valence electrons. The van der Waals surface area contributed by atoms with Crippen LogP contribution >= 0.6 is 11.3 Å². The van der Waals surface area contributed by atoms with Crippen molar-refractivity contribution < 1.29 is 4.79 Å². The maximum atomic E-state index is 12.8. The lowest BCUT2D eigenvalue weighted by atomic mass is 9.92. The topological polar surface area (TPSA) is 32.3 Å². The molecule has 0 spiro atoms. The molecule has 1 aliphatic carbocycles. The van der Waals surface area contributed by atoms with E-state index in [9.17, 15) is 4.79 Å². The average Bonchev–Trinajstić information content (AvgIpc) is 3.27. The summed E-state index contributed by atoms with van der Waals surface area (Å²) < 4.78 is 0. The van der Waals surface area contributed by atoms with Gasteiger partial charge in [-0.2, -0.15) is 0 Å². The van der Waals surface area contributed by atoms with Gasteiger partial charge in [0, 0.05) is 17.5 Å². The van der Waals surface area contributed by atoms with E-state index in [0.717, 1.165) is 13.0 Å². The Hall–Kier alpha value is -1.65. The van der Waals surface area contributed by atoms with E-state index in [4.69, 9.17) is 0 Å². The smallest absolute Gasteiger partial charge is 0.237 e. The average molecular weight is 326 g/mol. The molecule has 1 unspecified atom stereocenters. The Labute approximate surface area is 141 Å². The summed E-state index contributed by atoms with van der Waals surface area (Å²) >= 11 is 1.82. The molecule has 4 heteroatoms. The van der Waals surface area contributed by atoms with Crippen molar-refractivity contribution in [1.82, 2.24) is 10.2 Å². The lowest BCUT2D eigenvalue weighted by Gasteiger charge is -2.36. The highest BCUT2D eigenvalue weighted by atomic mass is 32.1. The summed E-state index contributed by atoms with van der Waals surface area (Å²) in [6, 6.07) is 11.4. The predicted molar refractivity (Wildman–Crippen MR) is 93.8 cm³/mol. The van der Waals surface area contributed by atoms with Crippen LogP contribution in [0.3, 0.4) is 0 Å². The molecule has 0 saturated heterocycles. The summed E-state index contributed by atoms with van der Waals surface area (Å²) in [7, 11) is 0. The molecule has 3 nitrogen and oxygen atoms in total. The highest BCUT2D eigenvalue weighted by Gasteiger charge is 2.33.